The summed E-state index contributed by atoms with van der Waals surface area (Å²) < 4.78 is 0. The molecule has 0 atom stereocenters. The maximum absolute atomic E-state index is 12.7. The predicted molar refractivity (Wildman–Crippen MR) is 123 cm³/mol. The third-order valence-electron chi connectivity index (χ3n) is 6.54. The first kappa shape index (κ1) is 21.6. The summed E-state index contributed by atoms with van der Waals surface area (Å²) in [6.45, 7) is 4.25. The smallest absolute Gasteiger partial charge is 0.242 e. The summed E-state index contributed by atoms with van der Waals surface area (Å²) in [5.74, 6) is 0.0486. The SMILES string of the molecule is CN(CC(=O)N1CCN(Cc2ccccc2)CC1)C(=O)Cc1ccc2c(c1)CCCC2. The first-order valence-electron chi connectivity index (χ1n) is 11.5. The number of hydrogen-bond donors (Lipinski definition) is 0. The van der Waals surface area contributed by atoms with Crippen LogP contribution in [0.5, 0.6) is 0 Å². The van der Waals surface area contributed by atoms with Crippen LogP contribution in [0.3, 0.4) is 0 Å². The fourth-order valence-electron chi connectivity index (χ4n) is 4.59. The Kier molecular flexibility index (Phi) is 7.03. The highest BCUT2D eigenvalue weighted by atomic mass is 16.2. The predicted octanol–water partition coefficient (Wildman–Crippen LogP) is 2.91. The summed E-state index contributed by atoms with van der Waals surface area (Å²) in [7, 11) is 1.74. The Hall–Kier alpha value is -2.66. The fraction of sp³-hybridized carbons (Fsp3) is 0.462. The van der Waals surface area contributed by atoms with Crippen LogP contribution in [0.4, 0.5) is 0 Å². The minimum absolute atomic E-state index is 0.00632. The zero-order valence-electron chi connectivity index (χ0n) is 18.6. The third-order valence-corrected chi connectivity index (χ3v) is 6.54. The van der Waals surface area contributed by atoms with Gasteiger partial charge in [-0.15, -0.1) is 0 Å². The van der Waals surface area contributed by atoms with Crippen LogP contribution >= 0.6 is 0 Å². The highest BCUT2D eigenvalue weighted by Crippen LogP contribution is 2.22. The van der Waals surface area contributed by atoms with Crippen molar-refractivity contribution in [3.05, 3.63) is 70.8 Å². The highest BCUT2D eigenvalue weighted by molar-refractivity contribution is 5.85. The number of carbonyl (C=O) groups excluding carboxylic acids is 2. The van der Waals surface area contributed by atoms with Crippen LogP contribution < -0.4 is 0 Å². The molecule has 0 bridgehead atoms. The van der Waals surface area contributed by atoms with E-state index in [4.69, 9.17) is 0 Å². The fourth-order valence-corrected chi connectivity index (χ4v) is 4.59. The Morgan fingerprint density at radius 3 is 2.32 bits per heavy atom. The Labute approximate surface area is 185 Å². The monoisotopic (exact) mass is 419 g/mol. The molecule has 1 fully saturated rings. The number of aryl methyl sites for hydroxylation is 2. The molecule has 0 saturated carbocycles. The first-order chi connectivity index (χ1) is 15.1. The molecule has 4 rings (SSSR count). The minimum atomic E-state index is 0.00632. The van der Waals surface area contributed by atoms with Gasteiger partial charge in [0.2, 0.25) is 11.8 Å². The Balaban J connectivity index is 1.23. The molecule has 0 unspecified atom stereocenters. The molecule has 164 valence electrons. The summed E-state index contributed by atoms with van der Waals surface area (Å²) in [6, 6.07) is 16.9. The Bertz CT molecular complexity index is 904. The Morgan fingerprint density at radius 1 is 0.871 bits per heavy atom. The number of benzene rings is 2. The van der Waals surface area contributed by atoms with E-state index < -0.39 is 0 Å². The van der Waals surface area contributed by atoms with Gasteiger partial charge in [0.05, 0.1) is 13.0 Å². The van der Waals surface area contributed by atoms with Gasteiger partial charge in [-0.05, 0) is 47.9 Å². The zero-order valence-corrected chi connectivity index (χ0v) is 18.6. The molecular formula is C26H33N3O2. The van der Waals surface area contributed by atoms with Crippen LogP contribution in [-0.4, -0.2) is 66.3 Å². The van der Waals surface area contributed by atoms with Crippen LogP contribution in [-0.2, 0) is 35.4 Å². The van der Waals surface area contributed by atoms with Crippen molar-refractivity contribution in [2.45, 2.75) is 38.6 Å². The summed E-state index contributed by atoms with van der Waals surface area (Å²) in [6.07, 6.45) is 5.12. The van der Waals surface area contributed by atoms with Crippen molar-refractivity contribution in [2.75, 3.05) is 39.8 Å². The molecule has 31 heavy (non-hydrogen) atoms. The molecule has 0 spiro atoms. The van der Waals surface area contributed by atoms with Crippen LogP contribution in [0.1, 0.15) is 35.1 Å². The lowest BCUT2D eigenvalue weighted by Gasteiger charge is -2.35. The summed E-state index contributed by atoms with van der Waals surface area (Å²) >= 11 is 0. The van der Waals surface area contributed by atoms with Gasteiger partial charge < -0.3 is 9.80 Å². The number of piperazine rings is 1. The number of rotatable bonds is 6. The van der Waals surface area contributed by atoms with Crippen molar-refractivity contribution >= 4 is 11.8 Å². The van der Waals surface area contributed by atoms with Crippen LogP contribution in [0.25, 0.3) is 0 Å². The molecule has 1 aliphatic carbocycles. The summed E-state index contributed by atoms with van der Waals surface area (Å²) in [5, 5.41) is 0. The van der Waals surface area contributed by atoms with Crippen molar-refractivity contribution in [3.8, 4) is 0 Å². The molecule has 5 heteroatoms. The standard InChI is InChI=1S/C26H33N3O2/c1-27(25(30)18-22-11-12-23-9-5-6-10-24(23)17-22)20-26(31)29-15-13-28(14-16-29)19-21-7-3-2-4-8-21/h2-4,7-8,11-12,17H,5-6,9-10,13-16,18-20H2,1H3. The van der Waals surface area contributed by atoms with Crippen LogP contribution in [0, 0.1) is 0 Å². The number of hydrogen-bond acceptors (Lipinski definition) is 3. The molecule has 2 amide bonds. The second kappa shape index (κ2) is 10.1. The maximum Gasteiger partial charge on any atom is 0.242 e. The number of likely N-dealkylation sites (N-methyl/N-ethyl adjacent to an activating group) is 1. The van der Waals surface area contributed by atoms with E-state index in [1.165, 1.54) is 29.5 Å². The molecule has 5 nitrogen and oxygen atoms in total. The van der Waals surface area contributed by atoms with Gasteiger partial charge in [-0.1, -0.05) is 48.5 Å². The largest absolute Gasteiger partial charge is 0.339 e. The van der Waals surface area contributed by atoms with E-state index in [2.05, 4.69) is 47.4 Å². The van der Waals surface area contributed by atoms with Gasteiger partial charge in [0.15, 0.2) is 0 Å². The first-order valence-corrected chi connectivity index (χ1v) is 11.5. The van der Waals surface area contributed by atoms with E-state index in [0.717, 1.165) is 51.1 Å². The van der Waals surface area contributed by atoms with Gasteiger partial charge in [-0.2, -0.15) is 0 Å². The third kappa shape index (κ3) is 5.73. The van der Waals surface area contributed by atoms with Crippen molar-refractivity contribution in [3.63, 3.8) is 0 Å². The second-order valence-electron chi connectivity index (χ2n) is 8.88. The lowest BCUT2D eigenvalue weighted by Crippen LogP contribution is -2.51. The van der Waals surface area contributed by atoms with Gasteiger partial charge in [-0.25, -0.2) is 0 Å². The van der Waals surface area contributed by atoms with E-state index in [0.29, 0.717) is 6.42 Å². The Morgan fingerprint density at radius 2 is 1.58 bits per heavy atom. The van der Waals surface area contributed by atoms with Crippen LogP contribution in [0.15, 0.2) is 48.5 Å². The molecule has 1 aliphatic heterocycles. The van der Waals surface area contributed by atoms with Gasteiger partial charge in [0.25, 0.3) is 0 Å². The molecular weight excluding hydrogens is 386 g/mol. The number of fused-ring (bicyclic) bond motifs is 1. The van der Waals surface area contributed by atoms with Crippen LogP contribution in [0.2, 0.25) is 0 Å². The van der Waals surface area contributed by atoms with Gasteiger partial charge in [-0.3, -0.25) is 14.5 Å². The van der Waals surface area contributed by atoms with E-state index >= 15 is 0 Å². The quantitative estimate of drug-likeness (QED) is 0.723. The zero-order chi connectivity index (χ0) is 21.6. The second-order valence-corrected chi connectivity index (χ2v) is 8.88. The molecule has 1 heterocycles. The molecule has 1 saturated heterocycles. The minimum Gasteiger partial charge on any atom is -0.339 e. The lowest BCUT2D eigenvalue weighted by atomic mass is 9.90. The average molecular weight is 420 g/mol. The molecule has 2 aromatic rings. The number of amides is 2. The lowest BCUT2D eigenvalue weighted by molar-refractivity contribution is -0.140. The average Bonchev–Trinajstić information content (AvgIpc) is 2.80. The number of carbonyl (C=O) groups is 2. The molecule has 0 radical (unpaired) electrons. The van der Waals surface area contributed by atoms with E-state index in [-0.39, 0.29) is 18.4 Å². The van der Waals surface area contributed by atoms with Gasteiger partial charge >= 0.3 is 0 Å². The van der Waals surface area contributed by atoms with Gasteiger partial charge in [0.1, 0.15) is 0 Å². The topological polar surface area (TPSA) is 43.9 Å². The van der Waals surface area contributed by atoms with E-state index in [1.54, 1.807) is 11.9 Å². The molecule has 2 aromatic carbocycles. The molecule has 2 aliphatic rings. The normalized spacial score (nSPS) is 16.6. The van der Waals surface area contributed by atoms with E-state index in [1.807, 2.05) is 11.0 Å². The molecule has 0 aromatic heterocycles. The highest BCUT2D eigenvalue weighted by Gasteiger charge is 2.23. The maximum atomic E-state index is 12.7. The summed E-state index contributed by atoms with van der Waals surface area (Å²) in [5.41, 5.74) is 5.18. The van der Waals surface area contributed by atoms with Crippen molar-refractivity contribution < 1.29 is 9.59 Å². The van der Waals surface area contributed by atoms with Crippen molar-refractivity contribution in [2.24, 2.45) is 0 Å². The van der Waals surface area contributed by atoms with Gasteiger partial charge in [0, 0.05) is 39.8 Å². The molecule has 0 N–H and O–H groups in total. The van der Waals surface area contributed by atoms with E-state index in [9.17, 15) is 9.59 Å². The number of nitrogens with zero attached hydrogens (tertiary/aromatic N) is 3. The summed E-state index contributed by atoms with van der Waals surface area (Å²) in [4.78, 5) is 31.3. The van der Waals surface area contributed by atoms with Crippen molar-refractivity contribution in [1.82, 2.24) is 14.7 Å². The van der Waals surface area contributed by atoms with Crippen molar-refractivity contribution in [1.29, 1.82) is 0 Å².